The lowest BCUT2D eigenvalue weighted by Crippen LogP contribution is -2.53. The average Bonchev–Trinajstić information content (AvgIpc) is 3.51. The van der Waals surface area contributed by atoms with Crippen LogP contribution in [0.4, 0.5) is 5.82 Å². The van der Waals surface area contributed by atoms with Gasteiger partial charge in [-0.15, -0.1) is 0 Å². The van der Waals surface area contributed by atoms with E-state index in [0.717, 1.165) is 87.3 Å². The van der Waals surface area contributed by atoms with Crippen LogP contribution < -0.4 is 22.1 Å². The molecule has 1 saturated carbocycles. The summed E-state index contributed by atoms with van der Waals surface area (Å²) in [6, 6.07) is 1.66. The molecule has 2 aromatic heterocycles. The maximum absolute atomic E-state index is 13.4. The van der Waals surface area contributed by atoms with Crippen molar-refractivity contribution < 1.29 is 4.79 Å². The van der Waals surface area contributed by atoms with E-state index in [1.165, 1.54) is 0 Å². The smallest absolute Gasteiger partial charge is 0.240 e. The van der Waals surface area contributed by atoms with Crippen LogP contribution in [0.1, 0.15) is 62.2 Å². The van der Waals surface area contributed by atoms with Crippen LogP contribution in [0.15, 0.2) is 12.3 Å². The number of fused-ring (bicyclic) bond motifs is 1. The van der Waals surface area contributed by atoms with Gasteiger partial charge in [0.05, 0.1) is 17.8 Å². The maximum Gasteiger partial charge on any atom is 0.240 e. The minimum absolute atomic E-state index is 0.0185. The minimum atomic E-state index is -0.531. The predicted octanol–water partition coefficient (Wildman–Crippen LogP) is 1.08. The maximum atomic E-state index is 13.4. The molecule has 2 aliphatic heterocycles. The predicted molar refractivity (Wildman–Crippen MR) is 124 cm³/mol. The van der Waals surface area contributed by atoms with Crippen molar-refractivity contribution in [3.63, 3.8) is 0 Å². The van der Waals surface area contributed by atoms with Crippen molar-refractivity contribution in [2.24, 2.45) is 23.1 Å². The lowest BCUT2D eigenvalue weighted by atomic mass is 9.92. The summed E-state index contributed by atoms with van der Waals surface area (Å²) in [7, 11) is 0. The van der Waals surface area contributed by atoms with Gasteiger partial charge in [0.15, 0.2) is 5.65 Å². The number of amides is 1. The number of likely N-dealkylation sites (tertiary alicyclic amines) is 1. The van der Waals surface area contributed by atoms with Crippen molar-refractivity contribution in [3.8, 4) is 0 Å². The van der Waals surface area contributed by atoms with Crippen LogP contribution in [-0.2, 0) is 4.79 Å². The van der Waals surface area contributed by atoms with Gasteiger partial charge in [0.1, 0.15) is 5.82 Å². The van der Waals surface area contributed by atoms with Crippen LogP contribution in [0.25, 0.3) is 5.65 Å². The summed E-state index contributed by atoms with van der Waals surface area (Å²) < 4.78 is 1.84. The molecule has 174 valence electrons. The van der Waals surface area contributed by atoms with Gasteiger partial charge in [0.25, 0.3) is 0 Å². The molecule has 6 N–H and O–H groups in total. The molecular weight excluding hydrogens is 404 g/mol. The van der Waals surface area contributed by atoms with Crippen LogP contribution >= 0.6 is 0 Å². The Morgan fingerprint density at radius 1 is 1.12 bits per heavy atom. The third-order valence-electron chi connectivity index (χ3n) is 7.65. The van der Waals surface area contributed by atoms with E-state index in [-0.39, 0.29) is 30.0 Å². The molecule has 3 unspecified atom stereocenters. The number of nitrogens with two attached hydrogens (primary N) is 3. The van der Waals surface area contributed by atoms with Gasteiger partial charge < -0.3 is 27.0 Å². The summed E-state index contributed by atoms with van der Waals surface area (Å²) in [6.07, 6.45) is 8.93. The number of hydrogen-bond acceptors (Lipinski definition) is 7. The summed E-state index contributed by atoms with van der Waals surface area (Å²) in [5, 5.41) is 4.84. The number of aryl methyl sites for hydroxylation is 1. The standard InChI is InChI=1S/C23H36N8O/c1-14-12-31-20(27-22(14)29-10-8-15(24)13-29)11-18(28-31)19-7-2-3-9-30(19)23(32)21(26)16-5-4-6-17(16)25/h11-12,15-17,19,21H,2-10,13,24-26H2,1H3/t15-,16?,17?,19-,21?/m0/s1. The van der Waals surface area contributed by atoms with Crippen molar-refractivity contribution in [2.45, 2.75) is 76.0 Å². The number of rotatable bonds is 4. The number of carbonyl (C=O) groups is 1. The van der Waals surface area contributed by atoms with Gasteiger partial charge >= 0.3 is 0 Å². The van der Waals surface area contributed by atoms with Crippen molar-refractivity contribution in [3.05, 3.63) is 23.5 Å². The lowest BCUT2D eigenvalue weighted by molar-refractivity contribution is -0.138. The average molecular weight is 441 g/mol. The molecule has 9 heteroatoms. The van der Waals surface area contributed by atoms with Gasteiger partial charge in [-0.05, 0) is 51.4 Å². The highest BCUT2D eigenvalue weighted by atomic mass is 16.2. The molecule has 3 fully saturated rings. The molecule has 2 saturated heterocycles. The third kappa shape index (κ3) is 3.86. The number of piperidine rings is 1. The number of hydrogen-bond donors (Lipinski definition) is 3. The van der Waals surface area contributed by atoms with E-state index in [2.05, 4.69) is 11.8 Å². The normalized spacial score (nSPS) is 29.8. The lowest BCUT2D eigenvalue weighted by Gasteiger charge is -2.37. The first kappa shape index (κ1) is 21.6. The summed E-state index contributed by atoms with van der Waals surface area (Å²) in [6.45, 7) is 4.54. The second-order valence-electron chi connectivity index (χ2n) is 9.94. The second kappa shape index (κ2) is 8.61. The Balaban J connectivity index is 1.41. The van der Waals surface area contributed by atoms with E-state index >= 15 is 0 Å². The third-order valence-corrected chi connectivity index (χ3v) is 7.65. The highest BCUT2D eigenvalue weighted by molar-refractivity contribution is 5.82. The largest absolute Gasteiger partial charge is 0.355 e. The Kier molecular flexibility index (Phi) is 5.81. The van der Waals surface area contributed by atoms with Crippen LogP contribution in [0, 0.1) is 12.8 Å². The molecule has 3 aliphatic rings. The molecule has 32 heavy (non-hydrogen) atoms. The fourth-order valence-corrected chi connectivity index (χ4v) is 5.82. The molecule has 5 rings (SSSR count). The quantitative estimate of drug-likeness (QED) is 0.648. The molecule has 0 spiro atoms. The van der Waals surface area contributed by atoms with Crippen molar-refractivity contribution >= 4 is 17.4 Å². The molecule has 2 aromatic rings. The fraction of sp³-hybridized carbons (Fsp3) is 0.696. The fourth-order valence-electron chi connectivity index (χ4n) is 5.82. The summed E-state index contributed by atoms with van der Waals surface area (Å²) >= 11 is 0. The topological polar surface area (TPSA) is 132 Å². The molecule has 1 amide bonds. The van der Waals surface area contributed by atoms with Crippen LogP contribution in [0.3, 0.4) is 0 Å². The van der Waals surface area contributed by atoms with Gasteiger partial charge in [-0.25, -0.2) is 9.50 Å². The molecular formula is C23H36N8O. The summed E-state index contributed by atoms with van der Waals surface area (Å²) in [5.74, 6) is 1.07. The van der Waals surface area contributed by atoms with Crippen LogP contribution in [-0.4, -0.2) is 63.2 Å². The first-order valence-corrected chi connectivity index (χ1v) is 12.1. The van der Waals surface area contributed by atoms with Crippen molar-refractivity contribution in [2.75, 3.05) is 24.5 Å². The number of aromatic nitrogens is 3. The monoisotopic (exact) mass is 440 g/mol. The second-order valence-corrected chi connectivity index (χ2v) is 9.94. The van der Waals surface area contributed by atoms with Crippen molar-refractivity contribution in [1.29, 1.82) is 0 Å². The SMILES string of the molecule is Cc1cn2nc([C@@H]3CCCCN3C(=O)C(N)C3CCCC3N)cc2nc1N1CC[C@H](N)C1. The number of anilines is 1. The van der Waals surface area contributed by atoms with Gasteiger partial charge in [-0.2, -0.15) is 5.10 Å². The molecule has 4 heterocycles. The van der Waals surface area contributed by atoms with Crippen molar-refractivity contribution in [1.82, 2.24) is 19.5 Å². The Morgan fingerprint density at radius 3 is 2.69 bits per heavy atom. The Labute approximate surface area is 189 Å². The van der Waals surface area contributed by atoms with Gasteiger partial charge in [0.2, 0.25) is 5.91 Å². The van der Waals surface area contributed by atoms with Gasteiger partial charge in [-0.1, -0.05) is 6.42 Å². The molecule has 0 radical (unpaired) electrons. The Bertz CT molecular complexity index is 990. The summed E-state index contributed by atoms with van der Waals surface area (Å²) in [4.78, 5) is 22.5. The first-order chi connectivity index (χ1) is 15.4. The molecule has 0 aromatic carbocycles. The van der Waals surface area contributed by atoms with Crippen LogP contribution in [0.5, 0.6) is 0 Å². The Hall–Kier alpha value is -2.23. The Morgan fingerprint density at radius 2 is 1.97 bits per heavy atom. The highest BCUT2D eigenvalue weighted by Crippen LogP contribution is 2.34. The van der Waals surface area contributed by atoms with E-state index < -0.39 is 6.04 Å². The molecule has 5 atom stereocenters. The highest BCUT2D eigenvalue weighted by Gasteiger charge is 2.39. The van der Waals surface area contributed by atoms with Crippen LogP contribution in [0.2, 0.25) is 0 Å². The minimum Gasteiger partial charge on any atom is -0.355 e. The first-order valence-electron chi connectivity index (χ1n) is 12.1. The van der Waals surface area contributed by atoms with E-state index in [1.54, 1.807) is 0 Å². The van der Waals surface area contributed by atoms with E-state index in [1.807, 2.05) is 21.7 Å². The number of nitrogens with zero attached hydrogens (tertiary/aromatic N) is 5. The number of carbonyl (C=O) groups excluding carboxylic acids is 1. The van der Waals surface area contributed by atoms with E-state index in [0.29, 0.717) is 0 Å². The molecule has 0 bridgehead atoms. The molecule has 1 aliphatic carbocycles. The zero-order valence-corrected chi connectivity index (χ0v) is 19.0. The summed E-state index contributed by atoms with van der Waals surface area (Å²) in [5.41, 5.74) is 21.6. The zero-order valence-electron chi connectivity index (χ0n) is 19.0. The van der Waals surface area contributed by atoms with E-state index in [4.69, 9.17) is 27.3 Å². The molecule has 9 nitrogen and oxygen atoms in total. The van der Waals surface area contributed by atoms with Gasteiger partial charge in [-0.3, -0.25) is 4.79 Å². The van der Waals surface area contributed by atoms with E-state index in [9.17, 15) is 4.79 Å². The zero-order chi connectivity index (χ0) is 22.4. The van der Waals surface area contributed by atoms with Gasteiger partial charge in [0, 0.05) is 49.5 Å².